The quantitative estimate of drug-likeness (QED) is 0.833. The Kier molecular flexibility index (Phi) is 4.96. The molecule has 0 aliphatic carbocycles. The molecule has 1 unspecified atom stereocenters. The maximum absolute atomic E-state index is 12.6. The number of ether oxygens (including phenoxy) is 2. The van der Waals surface area contributed by atoms with E-state index >= 15 is 0 Å². The molecule has 0 bridgehead atoms. The lowest BCUT2D eigenvalue weighted by Gasteiger charge is -2.17. The zero-order valence-corrected chi connectivity index (χ0v) is 13.7. The number of benzene rings is 1. The topological polar surface area (TPSA) is 66.5 Å². The smallest absolute Gasteiger partial charge is 0.297 e. The molecule has 2 rings (SSSR count). The summed E-state index contributed by atoms with van der Waals surface area (Å²) >= 11 is 0. The Hall–Kier alpha value is -2.17. The third kappa shape index (κ3) is 3.03. The average Bonchev–Trinajstić information content (AvgIpc) is 2.50. The normalized spacial score (nSPS) is 12.4. The van der Waals surface area contributed by atoms with Gasteiger partial charge in [0.25, 0.3) is 5.56 Å². The van der Waals surface area contributed by atoms with Crippen molar-refractivity contribution in [3.05, 3.63) is 28.6 Å². The van der Waals surface area contributed by atoms with E-state index in [1.165, 1.54) is 0 Å². The number of aromatic nitrogens is 1. The predicted molar refractivity (Wildman–Crippen MR) is 89.7 cm³/mol. The van der Waals surface area contributed by atoms with Crippen molar-refractivity contribution in [2.24, 2.45) is 13.0 Å². The van der Waals surface area contributed by atoms with Crippen LogP contribution in [0.25, 0.3) is 10.9 Å². The second kappa shape index (κ2) is 6.73. The Morgan fingerprint density at radius 2 is 2.05 bits per heavy atom. The monoisotopic (exact) mass is 304 g/mol. The Morgan fingerprint density at radius 3 is 2.68 bits per heavy atom. The number of aryl methyl sites for hydroxylation is 1. The highest BCUT2D eigenvalue weighted by atomic mass is 16.5. The second-order valence-corrected chi connectivity index (χ2v) is 5.71. The van der Waals surface area contributed by atoms with Crippen molar-refractivity contribution in [3.63, 3.8) is 0 Å². The minimum absolute atomic E-state index is 0.210. The zero-order chi connectivity index (χ0) is 16.3. The summed E-state index contributed by atoms with van der Waals surface area (Å²) in [7, 11) is 3.26. The summed E-state index contributed by atoms with van der Waals surface area (Å²) in [4.78, 5) is 12.6. The number of fused-ring (bicyclic) bond motifs is 1. The summed E-state index contributed by atoms with van der Waals surface area (Å²) in [6.45, 7) is 4.75. The van der Waals surface area contributed by atoms with Crippen molar-refractivity contribution in [2.75, 3.05) is 19.5 Å². The van der Waals surface area contributed by atoms with E-state index in [1.54, 1.807) is 30.9 Å². The van der Waals surface area contributed by atoms with Crippen LogP contribution in [0.5, 0.6) is 11.5 Å². The van der Waals surface area contributed by atoms with Crippen molar-refractivity contribution in [3.8, 4) is 11.5 Å². The summed E-state index contributed by atoms with van der Waals surface area (Å²) in [5.74, 6) is 1.13. The largest absolute Gasteiger partial charge is 0.492 e. The van der Waals surface area contributed by atoms with E-state index in [4.69, 9.17) is 15.2 Å². The van der Waals surface area contributed by atoms with Crippen molar-refractivity contribution in [1.82, 2.24) is 4.57 Å². The number of anilines is 1. The lowest BCUT2D eigenvalue weighted by molar-refractivity contribution is 0.237. The van der Waals surface area contributed by atoms with Crippen LogP contribution in [0.15, 0.2) is 23.0 Å². The standard InChI is InChI=1S/C17H24N2O3/c1-5-6-11(2)10-22-16-15(21-4)13-8-7-12(18)9-14(13)19(3)17(16)20/h7-9,11H,5-6,10,18H2,1-4H3. The van der Waals surface area contributed by atoms with Gasteiger partial charge in [-0.1, -0.05) is 20.3 Å². The number of hydrogen-bond acceptors (Lipinski definition) is 4. The van der Waals surface area contributed by atoms with E-state index in [0.29, 0.717) is 24.0 Å². The first-order valence-electron chi connectivity index (χ1n) is 7.58. The predicted octanol–water partition coefficient (Wildman–Crippen LogP) is 2.94. The summed E-state index contributed by atoms with van der Waals surface area (Å²) in [6, 6.07) is 5.41. The maximum atomic E-state index is 12.6. The highest BCUT2D eigenvalue weighted by molar-refractivity contribution is 5.90. The molecule has 0 fully saturated rings. The third-order valence-corrected chi connectivity index (χ3v) is 3.83. The van der Waals surface area contributed by atoms with Gasteiger partial charge in [-0.2, -0.15) is 0 Å². The van der Waals surface area contributed by atoms with E-state index in [9.17, 15) is 4.79 Å². The summed E-state index contributed by atoms with van der Waals surface area (Å²) in [5.41, 5.74) is 6.95. The number of nitrogen functional groups attached to an aromatic ring is 1. The number of rotatable bonds is 6. The number of methoxy groups -OCH3 is 1. The SMILES string of the molecule is CCCC(C)COc1c(OC)c2ccc(N)cc2n(C)c1=O. The Morgan fingerprint density at radius 1 is 1.32 bits per heavy atom. The molecular formula is C17H24N2O3. The molecule has 2 aromatic rings. The Bertz CT molecular complexity index is 722. The molecule has 0 spiro atoms. The van der Waals surface area contributed by atoms with Crippen molar-refractivity contribution in [1.29, 1.82) is 0 Å². The molecule has 22 heavy (non-hydrogen) atoms. The molecule has 120 valence electrons. The van der Waals surface area contributed by atoms with Crippen LogP contribution < -0.4 is 20.8 Å². The fourth-order valence-corrected chi connectivity index (χ4v) is 2.63. The Balaban J connectivity index is 2.52. The summed E-state index contributed by atoms with van der Waals surface area (Å²) in [6.07, 6.45) is 2.16. The number of nitrogens with zero attached hydrogens (tertiary/aromatic N) is 1. The molecule has 0 aliphatic rings. The summed E-state index contributed by atoms with van der Waals surface area (Å²) < 4.78 is 12.8. The van der Waals surface area contributed by atoms with Gasteiger partial charge in [-0.15, -0.1) is 0 Å². The van der Waals surface area contributed by atoms with Crippen molar-refractivity contribution < 1.29 is 9.47 Å². The van der Waals surface area contributed by atoms with Crippen LogP contribution in [0.4, 0.5) is 5.69 Å². The minimum Gasteiger partial charge on any atom is -0.492 e. The van der Waals surface area contributed by atoms with Gasteiger partial charge < -0.3 is 19.8 Å². The van der Waals surface area contributed by atoms with Crippen molar-refractivity contribution >= 4 is 16.6 Å². The first kappa shape index (κ1) is 16.2. The van der Waals surface area contributed by atoms with Crippen LogP contribution in [0.2, 0.25) is 0 Å². The molecule has 0 amide bonds. The first-order valence-corrected chi connectivity index (χ1v) is 7.58. The Labute approximate surface area is 130 Å². The van der Waals surface area contributed by atoms with Gasteiger partial charge in [-0.05, 0) is 30.5 Å². The average molecular weight is 304 g/mol. The highest BCUT2D eigenvalue weighted by Gasteiger charge is 2.18. The molecule has 1 heterocycles. The van der Waals surface area contributed by atoms with Gasteiger partial charge in [-0.25, -0.2) is 0 Å². The van der Waals surface area contributed by atoms with Gasteiger partial charge in [0.15, 0.2) is 5.75 Å². The van der Waals surface area contributed by atoms with E-state index in [0.717, 1.165) is 23.7 Å². The zero-order valence-electron chi connectivity index (χ0n) is 13.7. The molecule has 0 saturated heterocycles. The highest BCUT2D eigenvalue weighted by Crippen LogP contribution is 2.33. The molecule has 5 nitrogen and oxygen atoms in total. The molecular weight excluding hydrogens is 280 g/mol. The molecule has 1 aromatic heterocycles. The molecule has 0 aliphatic heterocycles. The van der Waals surface area contributed by atoms with Crippen LogP contribution in [-0.4, -0.2) is 18.3 Å². The van der Waals surface area contributed by atoms with Crippen molar-refractivity contribution in [2.45, 2.75) is 26.7 Å². The number of nitrogens with two attached hydrogens (primary N) is 1. The van der Waals surface area contributed by atoms with Gasteiger partial charge in [0.2, 0.25) is 5.75 Å². The van der Waals surface area contributed by atoms with E-state index in [2.05, 4.69) is 13.8 Å². The van der Waals surface area contributed by atoms with Crippen LogP contribution in [0, 0.1) is 5.92 Å². The molecule has 1 aromatic carbocycles. The maximum Gasteiger partial charge on any atom is 0.297 e. The van der Waals surface area contributed by atoms with Crippen LogP contribution in [0.3, 0.4) is 0 Å². The van der Waals surface area contributed by atoms with Crippen LogP contribution >= 0.6 is 0 Å². The first-order chi connectivity index (χ1) is 10.5. The fraction of sp³-hybridized carbons (Fsp3) is 0.471. The molecule has 0 saturated carbocycles. The second-order valence-electron chi connectivity index (χ2n) is 5.71. The van der Waals surface area contributed by atoms with Gasteiger partial charge >= 0.3 is 0 Å². The van der Waals surface area contributed by atoms with Gasteiger partial charge in [0, 0.05) is 18.1 Å². The lowest BCUT2D eigenvalue weighted by atomic mass is 10.1. The van der Waals surface area contributed by atoms with Crippen LogP contribution in [-0.2, 0) is 7.05 Å². The third-order valence-electron chi connectivity index (χ3n) is 3.83. The minimum atomic E-state index is -0.210. The molecule has 2 N–H and O–H groups in total. The lowest BCUT2D eigenvalue weighted by Crippen LogP contribution is -2.22. The van der Waals surface area contributed by atoms with Gasteiger partial charge in [-0.3, -0.25) is 4.79 Å². The van der Waals surface area contributed by atoms with Gasteiger partial charge in [0.1, 0.15) is 0 Å². The van der Waals surface area contributed by atoms with E-state index < -0.39 is 0 Å². The van der Waals surface area contributed by atoms with E-state index in [1.807, 2.05) is 6.07 Å². The fourth-order valence-electron chi connectivity index (χ4n) is 2.63. The molecule has 1 atom stereocenters. The van der Waals surface area contributed by atoms with E-state index in [-0.39, 0.29) is 11.3 Å². The number of hydrogen-bond donors (Lipinski definition) is 1. The summed E-state index contributed by atoms with van der Waals surface area (Å²) in [5, 5.41) is 0.817. The molecule has 0 radical (unpaired) electrons. The molecule has 5 heteroatoms. The number of pyridine rings is 1. The van der Waals surface area contributed by atoms with Crippen LogP contribution in [0.1, 0.15) is 26.7 Å². The van der Waals surface area contributed by atoms with Gasteiger partial charge in [0.05, 0.1) is 19.2 Å².